The molecule has 39 heavy (non-hydrogen) atoms. The number of methoxy groups -OCH3 is 2. The van der Waals surface area contributed by atoms with Crippen LogP contribution in [0.25, 0.3) is 10.9 Å². The number of fused-ring (bicyclic) bond motifs is 1. The van der Waals surface area contributed by atoms with Crippen LogP contribution in [0.1, 0.15) is 36.9 Å². The summed E-state index contributed by atoms with van der Waals surface area (Å²) >= 11 is 6.09. The van der Waals surface area contributed by atoms with Gasteiger partial charge in [0, 0.05) is 41.1 Å². The predicted molar refractivity (Wildman–Crippen MR) is 158 cm³/mol. The molecule has 1 fully saturated rings. The first kappa shape index (κ1) is 27.0. The number of ether oxygens (including phenoxy) is 2. The average molecular weight is 547 g/mol. The number of anilines is 2. The molecule has 1 unspecified atom stereocenters. The first-order valence-corrected chi connectivity index (χ1v) is 13.5. The summed E-state index contributed by atoms with van der Waals surface area (Å²) in [5.41, 5.74) is 16.7. The van der Waals surface area contributed by atoms with Crippen LogP contribution in [0.3, 0.4) is 0 Å². The maximum atomic E-state index is 6.38. The van der Waals surface area contributed by atoms with Crippen molar-refractivity contribution in [1.29, 1.82) is 0 Å². The summed E-state index contributed by atoms with van der Waals surface area (Å²) < 4.78 is 10.9. The molecule has 204 valence electrons. The van der Waals surface area contributed by atoms with Gasteiger partial charge in [-0.2, -0.15) is 4.98 Å². The lowest BCUT2D eigenvalue weighted by atomic mass is 9.82. The molecule has 0 saturated carbocycles. The van der Waals surface area contributed by atoms with Crippen molar-refractivity contribution in [1.82, 2.24) is 20.8 Å². The second kappa shape index (κ2) is 11.7. The SMILES string of the molecule is COc1cc2nc(N3CCC(Cc4ccccc4)(NNC(C)c4ccc(Cl)cc4)CC3)nc(N)c2cc1OC. The van der Waals surface area contributed by atoms with E-state index in [9.17, 15) is 0 Å². The van der Waals surface area contributed by atoms with Gasteiger partial charge in [0.2, 0.25) is 5.95 Å². The predicted octanol–water partition coefficient (Wildman–Crippen LogP) is 5.32. The summed E-state index contributed by atoms with van der Waals surface area (Å²) in [7, 11) is 3.21. The minimum atomic E-state index is -0.141. The van der Waals surface area contributed by atoms with Crippen molar-refractivity contribution < 1.29 is 9.47 Å². The second-order valence-electron chi connectivity index (χ2n) is 10.1. The normalized spacial score (nSPS) is 15.7. The zero-order valence-electron chi connectivity index (χ0n) is 22.6. The fourth-order valence-corrected chi connectivity index (χ4v) is 5.30. The molecule has 4 aromatic rings. The van der Waals surface area contributed by atoms with Gasteiger partial charge >= 0.3 is 0 Å². The number of hydrogen-bond donors (Lipinski definition) is 3. The molecule has 4 N–H and O–H groups in total. The molecule has 1 saturated heterocycles. The number of nitrogens with zero attached hydrogens (tertiary/aromatic N) is 3. The quantitative estimate of drug-likeness (QED) is 0.243. The molecule has 0 bridgehead atoms. The van der Waals surface area contributed by atoms with Crippen molar-refractivity contribution >= 4 is 34.3 Å². The first-order chi connectivity index (χ1) is 18.9. The second-order valence-corrected chi connectivity index (χ2v) is 10.5. The topological polar surface area (TPSA) is 97.6 Å². The minimum absolute atomic E-state index is 0.114. The van der Waals surface area contributed by atoms with Crippen molar-refractivity contribution in [2.75, 3.05) is 37.9 Å². The van der Waals surface area contributed by atoms with Gasteiger partial charge in [-0.3, -0.25) is 10.9 Å². The van der Waals surface area contributed by atoms with Crippen molar-refractivity contribution in [3.63, 3.8) is 0 Å². The van der Waals surface area contributed by atoms with Crippen molar-refractivity contribution in [2.24, 2.45) is 0 Å². The van der Waals surface area contributed by atoms with Crippen LogP contribution < -0.4 is 31.0 Å². The highest BCUT2D eigenvalue weighted by molar-refractivity contribution is 6.30. The lowest BCUT2D eigenvalue weighted by molar-refractivity contribution is 0.210. The largest absolute Gasteiger partial charge is 0.493 e. The highest BCUT2D eigenvalue weighted by atomic mass is 35.5. The summed E-state index contributed by atoms with van der Waals surface area (Å²) in [6.45, 7) is 3.72. The van der Waals surface area contributed by atoms with E-state index in [1.807, 2.05) is 24.3 Å². The third kappa shape index (κ3) is 6.03. The Morgan fingerprint density at radius 3 is 2.31 bits per heavy atom. The minimum Gasteiger partial charge on any atom is -0.493 e. The summed E-state index contributed by atoms with van der Waals surface area (Å²) in [6.07, 6.45) is 2.70. The number of nitrogens with one attached hydrogen (secondary N) is 2. The Kier molecular flexibility index (Phi) is 8.07. The van der Waals surface area contributed by atoms with E-state index in [0.717, 1.165) is 48.3 Å². The van der Waals surface area contributed by atoms with E-state index in [0.29, 0.717) is 23.3 Å². The lowest BCUT2D eigenvalue weighted by Crippen LogP contribution is -2.59. The number of nitrogens with two attached hydrogens (primary N) is 1. The number of halogens is 1. The fraction of sp³-hybridized carbons (Fsp3) is 0.333. The molecule has 3 aromatic carbocycles. The van der Waals surface area contributed by atoms with E-state index >= 15 is 0 Å². The number of piperidine rings is 1. The molecular weight excluding hydrogens is 512 g/mol. The van der Waals surface area contributed by atoms with Crippen LogP contribution in [0, 0.1) is 0 Å². The first-order valence-electron chi connectivity index (χ1n) is 13.2. The van der Waals surface area contributed by atoms with Crippen LogP contribution in [-0.4, -0.2) is 42.8 Å². The monoisotopic (exact) mass is 546 g/mol. The Morgan fingerprint density at radius 2 is 1.64 bits per heavy atom. The molecule has 1 aliphatic heterocycles. The Bertz CT molecular complexity index is 1410. The van der Waals surface area contributed by atoms with Crippen LogP contribution in [0.2, 0.25) is 5.02 Å². The van der Waals surface area contributed by atoms with Crippen molar-refractivity contribution in [3.8, 4) is 11.5 Å². The van der Waals surface area contributed by atoms with E-state index in [2.05, 4.69) is 70.1 Å². The number of nitrogen functional groups attached to an aromatic ring is 1. The van der Waals surface area contributed by atoms with Crippen LogP contribution in [0.15, 0.2) is 66.7 Å². The zero-order valence-corrected chi connectivity index (χ0v) is 23.3. The molecule has 9 heteroatoms. The molecule has 0 amide bonds. The van der Waals surface area contributed by atoms with Crippen LogP contribution in [-0.2, 0) is 6.42 Å². The molecule has 2 heterocycles. The number of rotatable bonds is 9. The van der Waals surface area contributed by atoms with Gasteiger partial charge in [-0.05, 0) is 55.5 Å². The Labute approximate surface area is 234 Å². The Morgan fingerprint density at radius 1 is 0.974 bits per heavy atom. The summed E-state index contributed by atoms with van der Waals surface area (Å²) in [5.74, 6) is 2.26. The van der Waals surface area contributed by atoms with Crippen molar-refractivity contribution in [3.05, 3.63) is 82.9 Å². The van der Waals surface area contributed by atoms with Crippen LogP contribution in [0.4, 0.5) is 11.8 Å². The zero-order chi connectivity index (χ0) is 27.4. The van der Waals surface area contributed by atoms with E-state index in [4.69, 9.17) is 31.8 Å². The van der Waals surface area contributed by atoms with E-state index in [-0.39, 0.29) is 11.6 Å². The Balaban J connectivity index is 1.35. The van der Waals surface area contributed by atoms with Gasteiger partial charge in [0.05, 0.1) is 19.7 Å². The van der Waals surface area contributed by atoms with Gasteiger partial charge in [0.15, 0.2) is 11.5 Å². The molecule has 0 spiro atoms. The molecular formula is C30H35ClN6O2. The number of hydrazine groups is 1. The third-order valence-corrected chi connectivity index (χ3v) is 7.78. The molecule has 1 atom stereocenters. The molecule has 0 radical (unpaired) electrons. The standard InChI is InChI=1S/C30H35ClN6O2/c1-20(22-9-11-23(31)12-10-22)35-36-30(19-21-7-5-4-6-8-21)13-15-37(16-14-30)29-33-25-18-27(39-3)26(38-2)17-24(25)28(32)34-29/h4-12,17-18,20,35-36H,13-16,19H2,1-3H3,(H2,32,33,34). The van der Waals surface area contributed by atoms with Gasteiger partial charge in [0.25, 0.3) is 0 Å². The summed E-state index contributed by atoms with van der Waals surface area (Å²) in [5, 5.41) is 1.48. The smallest absolute Gasteiger partial charge is 0.227 e. The van der Waals surface area contributed by atoms with Gasteiger partial charge in [0.1, 0.15) is 5.82 Å². The molecule has 1 aromatic heterocycles. The maximum Gasteiger partial charge on any atom is 0.227 e. The van der Waals surface area contributed by atoms with Gasteiger partial charge in [-0.1, -0.05) is 54.1 Å². The lowest BCUT2D eigenvalue weighted by Gasteiger charge is -2.43. The van der Waals surface area contributed by atoms with E-state index in [1.165, 1.54) is 11.1 Å². The number of benzene rings is 3. The molecule has 1 aliphatic rings. The van der Waals surface area contributed by atoms with E-state index in [1.54, 1.807) is 14.2 Å². The van der Waals surface area contributed by atoms with Gasteiger partial charge in [-0.15, -0.1) is 0 Å². The maximum absolute atomic E-state index is 6.38. The fourth-order valence-electron chi connectivity index (χ4n) is 5.17. The molecule has 8 nitrogen and oxygen atoms in total. The highest BCUT2D eigenvalue weighted by Crippen LogP contribution is 2.35. The van der Waals surface area contributed by atoms with Gasteiger partial charge < -0.3 is 20.1 Å². The van der Waals surface area contributed by atoms with Gasteiger partial charge in [-0.25, -0.2) is 4.98 Å². The highest BCUT2D eigenvalue weighted by Gasteiger charge is 2.36. The number of hydrogen-bond acceptors (Lipinski definition) is 8. The molecule has 0 aliphatic carbocycles. The third-order valence-electron chi connectivity index (χ3n) is 7.53. The Hall–Kier alpha value is -3.59. The average Bonchev–Trinajstić information content (AvgIpc) is 2.96. The van der Waals surface area contributed by atoms with Crippen LogP contribution in [0.5, 0.6) is 11.5 Å². The molecule has 5 rings (SSSR count). The van der Waals surface area contributed by atoms with E-state index < -0.39 is 0 Å². The summed E-state index contributed by atoms with van der Waals surface area (Å²) in [4.78, 5) is 11.7. The van der Waals surface area contributed by atoms with Crippen LogP contribution >= 0.6 is 11.6 Å². The van der Waals surface area contributed by atoms with Crippen molar-refractivity contribution in [2.45, 2.75) is 37.8 Å². The number of aromatic nitrogens is 2. The summed E-state index contributed by atoms with van der Waals surface area (Å²) in [6, 6.07) is 22.4.